The van der Waals surface area contributed by atoms with Crippen molar-refractivity contribution in [3.63, 3.8) is 0 Å². The fourth-order valence-electron chi connectivity index (χ4n) is 3.38. The normalized spacial score (nSPS) is 16.7. The van der Waals surface area contributed by atoms with Crippen molar-refractivity contribution in [1.82, 2.24) is 10.6 Å². The largest absolute Gasteiger partial charge is 0.458 e. The van der Waals surface area contributed by atoms with Crippen LogP contribution in [0.3, 0.4) is 0 Å². The van der Waals surface area contributed by atoms with Crippen LogP contribution >= 0.6 is 23.4 Å². The van der Waals surface area contributed by atoms with E-state index in [-0.39, 0.29) is 27.3 Å². The van der Waals surface area contributed by atoms with Gasteiger partial charge >= 0.3 is 18.3 Å². The number of benzene rings is 1. The van der Waals surface area contributed by atoms with E-state index in [1.807, 2.05) is 11.4 Å². The van der Waals surface area contributed by atoms with Crippen LogP contribution in [0.2, 0.25) is 5.02 Å². The van der Waals surface area contributed by atoms with Crippen LogP contribution in [0.15, 0.2) is 57.6 Å². The second-order valence-corrected chi connectivity index (χ2v) is 9.66. The Morgan fingerprint density at radius 2 is 1.79 bits per heavy atom. The Balaban J connectivity index is 2.54. The number of likely N-dealkylation sites (N-methyl/N-ethyl adjacent to an activating group) is 1. The first-order chi connectivity index (χ1) is 17.9. The Morgan fingerprint density at radius 3 is 2.21 bits per heavy atom. The lowest BCUT2D eigenvalue weighted by atomic mass is 9.96. The van der Waals surface area contributed by atoms with Gasteiger partial charge in [0.1, 0.15) is 10.6 Å². The number of rotatable bonds is 8. The topological polar surface area (TPSA) is 77.3 Å². The summed E-state index contributed by atoms with van der Waals surface area (Å²) in [4.78, 5) is 16.0. The molecule has 0 atom stereocenters. The van der Waals surface area contributed by atoms with E-state index in [1.165, 1.54) is 25.2 Å². The van der Waals surface area contributed by atoms with Gasteiger partial charge in [-0.15, -0.1) is 0 Å². The summed E-state index contributed by atoms with van der Waals surface area (Å²) in [5.74, 6) is -6.52. The smallest absolute Gasteiger partial charge is 0.387 e. The zero-order valence-electron chi connectivity index (χ0n) is 20.5. The minimum Gasteiger partial charge on any atom is -0.387 e. The highest BCUT2D eigenvalue weighted by molar-refractivity contribution is 8.17. The second kappa shape index (κ2) is 11.6. The average molecular weight is 601 g/mol. The molecule has 5 nitrogen and oxygen atoms in total. The number of nitriles is 1. The van der Waals surface area contributed by atoms with Gasteiger partial charge in [-0.25, -0.2) is 0 Å². The first-order valence-corrected chi connectivity index (χ1v) is 12.1. The predicted molar refractivity (Wildman–Crippen MR) is 133 cm³/mol. The average Bonchev–Trinajstić information content (AvgIpc) is 3.61. The van der Waals surface area contributed by atoms with Crippen LogP contribution in [0.1, 0.15) is 35.7 Å². The fraction of sp³-hybridized carbons (Fsp3) is 0.375. The molecule has 1 saturated carbocycles. The summed E-state index contributed by atoms with van der Waals surface area (Å²) in [6, 6.07) is 5.88. The van der Waals surface area contributed by atoms with Crippen molar-refractivity contribution >= 4 is 34.3 Å². The van der Waals surface area contributed by atoms with Gasteiger partial charge < -0.3 is 10.6 Å². The maximum absolute atomic E-state index is 14.1. The molecule has 212 valence electrons. The number of hydrogen-bond acceptors (Lipinski definition) is 5. The van der Waals surface area contributed by atoms with Gasteiger partial charge in [0.15, 0.2) is 0 Å². The highest BCUT2D eigenvalue weighted by Crippen LogP contribution is 2.49. The van der Waals surface area contributed by atoms with E-state index in [4.69, 9.17) is 11.6 Å². The van der Waals surface area contributed by atoms with Crippen molar-refractivity contribution < 1.29 is 39.9 Å². The summed E-state index contributed by atoms with van der Waals surface area (Å²) < 4.78 is 109. The number of alkyl halides is 8. The molecular weight excluding hydrogens is 580 g/mol. The van der Waals surface area contributed by atoms with Crippen molar-refractivity contribution in [3.8, 4) is 6.07 Å². The minimum atomic E-state index is -6.31. The number of hydrogen-bond donors (Lipinski definition) is 2. The molecule has 0 aliphatic heterocycles. The Bertz CT molecular complexity index is 1290. The molecule has 0 saturated heterocycles. The molecular formula is C24H21ClF8N4OS. The Labute approximate surface area is 227 Å². The molecule has 1 aliphatic carbocycles. The van der Waals surface area contributed by atoms with Crippen LogP contribution in [0.5, 0.6) is 0 Å². The van der Waals surface area contributed by atoms with Gasteiger partial charge in [0.05, 0.1) is 27.9 Å². The van der Waals surface area contributed by atoms with E-state index in [0.29, 0.717) is 31.5 Å². The lowest BCUT2D eigenvalue weighted by Gasteiger charge is -2.28. The van der Waals surface area contributed by atoms with Crippen molar-refractivity contribution in [2.45, 2.75) is 43.6 Å². The number of halogens is 9. The van der Waals surface area contributed by atoms with Gasteiger partial charge in [0, 0.05) is 30.1 Å². The molecule has 0 spiro atoms. The van der Waals surface area contributed by atoms with E-state index < -0.39 is 51.5 Å². The summed E-state index contributed by atoms with van der Waals surface area (Å²) in [5.41, 5.74) is -6.65. The molecule has 1 amide bonds. The Hall–Kier alpha value is -3.05. The van der Waals surface area contributed by atoms with Gasteiger partial charge in [0.2, 0.25) is 0 Å². The standard InChI is InChI=1S/C24H21ClF8N4OS/c1-5-15(22(26,27)24(31,32)33)17(23(28,29)30)18(35-3)12(2)39-20(36-4)13-6-7-16(25)14(10-13)19(38)37-21(11-34)8-9-21/h5-7,10,35H,2,8-9H2,1,3-4H3,(H,37,38)/b15-5+,18-17+,36-20-. The first kappa shape index (κ1) is 32.2. The van der Waals surface area contributed by atoms with Gasteiger partial charge in [-0.2, -0.15) is 40.4 Å². The van der Waals surface area contributed by atoms with Crippen LogP contribution in [-0.2, 0) is 0 Å². The van der Waals surface area contributed by atoms with Gasteiger partial charge in [-0.3, -0.25) is 9.79 Å². The maximum Gasteiger partial charge on any atom is 0.458 e. The zero-order chi connectivity index (χ0) is 30.0. The van der Waals surface area contributed by atoms with E-state index in [0.717, 1.165) is 7.05 Å². The predicted octanol–water partition coefficient (Wildman–Crippen LogP) is 6.93. The molecule has 1 fully saturated rings. The molecule has 15 heteroatoms. The fourth-order valence-corrected chi connectivity index (χ4v) is 4.46. The van der Waals surface area contributed by atoms with E-state index in [2.05, 4.69) is 16.9 Å². The zero-order valence-corrected chi connectivity index (χ0v) is 22.1. The Morgan fingerprint density at radius 1 is 1.21 bits per heavy atom. The molecule has 0 radical (unpaired) electrons. The van der Waals surface area contributed by atoms with Gasteiger partial charge in [-0.1, -0.05) is 42.1 Å². The molecule has 0 heterocycles. The summed E-state index contributed by atoms with van der Waals surface area (Å²) in [7, 11) is 2.14. The first-order valence-electron chi connectivity index (χ1n) is 10.9. The molecule has 39 heavy (non-hydrogen) atoms. The molecule has 0 aromatic heterocycles. The van der Waals surface area contributed by atoms with Gasteiger partial charge in [-0.05, 0) is 31.9 Å². The third kappa shape index (κ3) is 6.94. The molecule has 1 aliphatic rings. The number of thioether (sulfide) groups is 1. The van der Waals surface area contributed by atoms with Crippen LogP contribution < -0.4 is 10.6 Å². The van der Waals surface area contributed by atoms with Crippen molar-refractivity contribution in [2.75, 3.05) is 14.1 Å². The van der Waals surface area contributed by atoms with Crippen molar-refractivity contribution in [1.29, 1.82) is 5.26 Å². The SMILES string of the molecule is C=C(S/C(=N\C)c1ccc(Cl)c(C(=O)NC2(C#N)CC2)c1)/C(NC)=C(/C(=C\C)C(F)(F)C(F)(F)F)C(F)(F)F. The number of aliphatic imine (C=N–C) groups is 1. The van der Waals surface area contributed by atoms with Crippen LogP contribution in [0.4, 0.5) is 35.1 Å². The molecule has 0 unspecified atom stereocenters. The summed E-state index contributed by atoms with van der Waals surface area (Å²) in [6.07, 6.45) is -11.0. The number of carbonyl (C=O) groups is 1. The summed E-state index contributed by atoms with van der Waals surface area (Å²) in [5, 5.41) is 13.7. The minimum absolute atomic E-state index is 0.00783. The van der Waals surface area contributed by atoms with Crippen molar-refractivity contribution in [3.05, 3.63) is 68.8 Å². The highest BCUT2D eigenvalue weighted by atomic mass is 35.5. The van der Waals surface area contributed by atoms with E-state index in [9.17, 15) is 45.2 Å². The number of nitrogens with one attached hydrogen (secondary N) is 2. The number of allylic oxidation sites excluding steroid dienone is 3. The maximum atomic E-state index is 14.1. The van der Waals surface area contributed by atoms with E-state index in [1.54, 1.807) is 0 Å². The quantitative estimate of drug-likeness (QED) is 0.147. The van der Waals surface area contributed by atoms with Crippen molar-refractivity contribution in [2.24, 2.45) is 4.99 Å². The second-order valence-electron chi connectivity index (χ2n) is 8.17. The Kier molecular flexibility index (Phi) is 9.56. The highest BCUT2D eigenvalue weighted by Gasteiger charge is 2.63. The van der Waals surface area contributed by atoms with Gasteiger partial charge in [0.25, 0.3) is 5.91 Å². The molecule has 2 N–H and O–H groups in total. The van der Waals surface area contributed by atoms with Crippen LogP contribution in [0, 0.1) is 11.3 Å². The monoisotopic (exact) mass is 600 g/mol. The summed E-state index contributed by atoms with van der Waals surface area (Å²) in [6.45, 7) is 4.07. The molecule has 1 aromatic rings. The molecule has 1 aromatic carbocycles. The number of nitrogens with zero attached hydrogens (tertiary/aromatic N) is 2. The third-order valence-electron chi connectivity index (χ3n) is 5.51. The lowest BCUT2D eigenvalue weighted by Crippen LogP contribution is -2.41. The van der Waals surface area contributed by atoms with Crippen LogP contribution in [0.25, 0.3) is 0 Å². The van der Waals surface area contributed by atoms with Crippen LogP contribution in [-0.4, -0.2) is 48.9 Å². The number of amides is 1. The third-order valence-corrected chi connectivity index (χ3v) is 6.90. The van der Waals surface area contributed by atoms with E-state index >= 15 is 0 Å². The lowest BCUT2D eigenvalue weighted by molar-refractivity contribution is -0.265. The number of carbonyl (C=O) groups excluding carboxylic acids is 1. The molecule has 2 rings (SSSR count). The summed E-state index contributed by atoms with van der Waals surface area (Å²) >= 11 is 6.54. The molecule has 0 bridgehead atoms.